The molecule has 1 unspecified atom stereocenters. The zero-order chi connectivity index (χ0) is 9.31. The summed E-state index contributed by atoms with van der Waals surface area (Å²) < 4.78 is 0. The monoisotopic (exact) mass is 179 g/mol. The van der Waals surface area contributed by atoms with Gasteiger partial charge in [-0.1, -0.05) is 12.5 Å². The van der Waals surface area contributed by atoms with E-state index < -0.39 is 0 Å². The number of nitrogens with zero attached hydrogens (tertiary/aromatic N) is 1. The van der Waals surface area contributed by atoms with Crippen molar-refractivity contribution in [3.63, 3.8) is 0 Å². The highest BCUT2D eigenvalue weighted by Gasteiger charge is 2.39. The van der Waals surface area contributed by atoms with Crippen molar-refractivity contribution < 1.29 is 0 Å². The maximum absolute atomic E-state index is 3.86. The molecule has 1 atom stereocenters. The van der Waals surface area contributed by atoms with Crippen molar-refractivity contribution >= 4 is 0 Å². The summed E-state index contributed by atoms with van der Waals surface area (Å²) in [7, 11) is 0. The Morgan fingerprint density at radius 3 is 2.23 bits per heavy atom. The minimum absolute atomic E-state index is 0.581. The number of likely N-dealkylation sites (tertiary alicyclic amines) is 1. The predicted molar refractivity (Wildman–Crippen MR) is 56.8 cm³/mol. The van der Waals surface area contributed by atoms with Crippen LogP contribution in [0.2, 0.25) is 0 Å². The number of rotatable bonds is 2. The molecule has 0 aromatic heterocycles. The van der Waals surface area contributed by atoms with E-state index in [0.717, 1.165) is 5.41 Å². The summed E-state index contributed by atoms with van der Waals surface area (Å²) in [5.74, 6) is 0. The summed E-state index contributed by atoms with van der Waals surface area (Å²) >= 11 is 0. The minimum atomic E-state index is 0.581. The summed E-state index contributed by atoms with van der Waals surface area (Å²) in [6.45, 7) is 8.72. The second-order valence-electron chi connectivity index (χ2n) is 4.87. The lowest BCUT2D eigenvalue weighted by Crippen LogP contribution is -2.46. The molecule has 74 valence electrons. The average Bonchev–Trinajstić information content (AvgIpc) is 2.14. The van der Waals surface area contributed by atoms with E-state index in [4.69, 9.17) is 0 Å². The standard InChI is InChI=1S/C12H21N/c1-3-11(2)13-9-7-12(8-10-13)5-4-6-12/h3,11H,1,4-10H2,2H3. The van der Waals surface area contributed by atoms with Gasteiger partial charge in [0.25, 0.3) is 0 Å². The molecule has 13 heavy (non-hydrogen) atoms. The first kappa shape index (κ1) is 9.26. The van der Waals surface area contributed by atoms with E-state index in [1.54, 1.807) is 0 Å². The van der Waals surface area contributed by atoms with Crippen LogP contribution in [0.25, 0.3) is 0 Å². The quantitative estimate of drug-likeness (QED) is 0.589. The molecule has 2 rings (SSSR count). The summed E-state index contributed by atoms with van der Waals surface area (Å²) in [6.07, 6.45) is 9.43. The van der Waals surface area contributed by atoms with Gasteiger partial charge in [0.1, 0.15) is 0 Å². The van der Waals surface area contributed by atoms with E-state index in [1.807, 2.05) is 0 Å². The Balaban J connectivity index is 1.85. The molecular weight excluding hydrogens is 158 g/mol. The largest absolute Gasteiger partial charge is 0.297 e. The van der Waals surface area contributed by atoms with Crippen molar-refractivity contribution in [1.82, 2.24) is 4.90 Å². The van der Waals surface area contributed by atoms with Gasteiger partial charge >= 0.3 is 0 Å². The van der Waals surface area contributed by atoms with Gasteiger partial charge in [0.05, 0.1) is 0 Å². The summed E-state index contributed by atoms with van der Waals surface area (Å²) in [6, 6.07) is 0.581. The molecule has 1 spiro atoms. The van der Waals surface area contributed by atoms with Crippen LogP contribution in [0.4, 0.5) is 0 Å². The molecule has 0 bridgehead atoms. The molecule has 0 aromatic rings. The molecule has 0 N–H and O–H groups in total. The van der Waals surface area contributed by atoms with Crippen LogP contribution in [-0.4, -0.2) is 24.0 Å². The summed E-state index contributed by atoms with van der Waals surface area (Å²) in [5, 5.41) is 0. The van der Waals surface area contributed by atoms with Crippen LogP contribution in [0.1, 0.15) is 39.0 Å². The lowest BCUT2D eigenvalue weighted by molar-refractivity contribution is 0.0261. The van der Waals surface area contributed by atoms with E-state index in [9.17, 15) is 0 Å². The van der Waals surface area contributed by atoms with Gasteiger partial charge in [-0.2, -0.15) is 0 Å². The Kier molecular flexibility index (Phi) is 2.46. The molecular formula is C12H21N. The Bertz CT molecular complexity index is 183. The topological polar surface area (TPSA) is 3.24 Å². The lowest BCUT2D eigenvalue weighted by atomic mass is 9.63. The number of hydrogen-bond acceptors (Lipinski definition) is 1. The van der Waals surface area contributed by atoms with Crippen LogP contribution in [0.3, 0.4) is 0 Å². The Morgan fingerprint density at radius 1 is 1.23 bits per heavy atom. The molecule has 1 heterocycles. The number of hydrogen-bond donors (Lipinski definition) is 0. The van der Waals surface area contributed by atoms with Crippen molar-refractivity contribution in [2.45, 2.75) is 45.1 Å². The maximum atomic E-state index is 3.86. The fourth-order valence-corrected chi connectivity index (χ4v) is 2.73. The number of piperidine rings is 1. The summed E-state index contributed by atoms with van der Waals surface area (Å²) in [4.78, 5) is 2.57. The van der Waals surface area contributed by atoms with Crippen LogP contribution in [0.5, 0.6) is 0 Å². The van der Waals surface area contributed by atoms with Gasteiger partial charge in [-0.15, -0.1) is 6.58 Å². The molecule has 1 heteroatoms. The Labute approximate surface area is 81.8 Å². The normalized spacial score (nSPS) is 29.6. The third-order valence-electron chi connectivity index (χ3n) is 4.19. The van der Waals surface area contributed by atoms with Gasteiger partial charge in [0.15, 0.2) is 0 Å². The van der Waals surface area contributed by atoms with E-state index >= 15 is 0 Å². The fraction of sp³-hybridized carbons (Fsp3) is 0.833. The molecule has 0 radical (unpaired) electrons. The van der Waals surface area contributed by atoms with Crippen LogP contribution in [0.15, 0.2) is 12.7 Å². The van der Waals surface area contributed by atoms with Crippen molar-refractivity contribution in [2.75, 3.05) is 13.1 Å². The van der Waals surface area contributed by atoms with Gasteiger partial charge in [-0.25, -0.2) is 0 Å². The Morgan fingerprint density at radius 2 is 1.85 bits per heavy atom. The summed E-state index contributed by atoms with van der Waals surface area (Å²) in [5.41, 5.74) is 0.789. The van der Waals surface area contributed by atoms with Gasteiger partial charge in [-0.05, 0) is 51.1 Å². The zero-order valence-corrected chi connectivity index (χ0v) is 8.76. The van der Waals surface area contributed by atoms with Crippen LogP contribution in [0, 0.1) is 5.41 Å². The predicted octanol–water partition coefficient (Wildman–Crippen LogP) is 2.83. The van der Waals surface area contributed by atoms with Crippen LogP contribution < -0.4 is 0 Å². The average molecular weight is 179 g/mol. The van der Waals surface area contributed by atoms with Crippen LogP contribution >= 0.6 is 0 Å². The van der Waals surface area contributed by atoms with Gasteiger partial charge in [0, 0.05) is 6.04 Å². The minimum Gasteiger partial charge on any atom is -0.297 e. The second-order valence-corrected chi connectivity index (χ2v) is 4.87. The Hall–Kier alpha value is -0.300. The highest BCUT2D eigenvalue weighted by atomic mass is 15.2. The first-order chi connectivity index (χ1) is 6.26. The van der Waals surface area contributed by atoms with Gasteiger partial charge in [0.2, 0.25) is 0 Å². The molecule has 1 aliphatic carbocycles. The van der Waals surface area contributed by atoms with E-state index in [2.05, 4.69) is 24.5 Å². The molecule has 1 nitrogen and oxygen atoms in total. The van der Waals surface area contributed by atoms with Gasteiger partial charge in [-0.3, -0.25) is 4.90 Å². The van der Waals surface area contributed by atoms with Crippen molar-refractivity contribution in [3.05, 3.63) is 12.7 Å². The van der Waals surface area contributed by atoms with E-state index in [0.29, 0.717) is 6.04 Å². The smallest absolute Gasteiger partial charge is 0.0247 e. The SMILES string of the molecule is C=CC(C)N1CCC2(CCC2)CC1. The highest BCUT2D eigenvalue weighted by Crippen LogP contribution is 2.48. The molecule has 1 saturated carbocycles. The third kappa shape index (κ3) is 1.67. The molecule has 2 fully saturated rings. The van der Waals surface area contributed by atoms with E-state index in [1.165, 1.54) is 45.2 Å². The van der Waals surface area contributed by atoms with Crippen molar-refractivity contribution in [1.29, 1.82) is 0 Å². The first-order valence-electron chi connectivity index (χ1n) is 5.62. The molecule has 2 aliphatic rings. The fourth-order valence-electron chi connectivity index (χ4n) is 2.73. The first-order valence-corrected chi connectivity index (χ1v) is 5.62. The van der Waals surface area contributed by atoms with Crippen LogP contribution in [-0.2, 0) is 0 Å². The zero-order valence-electron chi connectivity index (χ0n) is 8.76. The molecule has 0 amide bonds. The van der Waals surface area contributed by atoms with Crippen molar-refractivity contribution in [3.8, 4) is 0 Å². The highest BCUT2D eigenvalue weighted by molar-refractivity contribution is 4.95. The third-order valence-corrected chi connectivity index (χ3v) is 4.19. The second kappa shape index (κ2) is 3.45. The molecule has 0 aromatic carbocycles. The molecule has 1 saturated heterocycles. The molecule has 1 aliphatic heterocycles. The van der Waals surface area contributed by atoms with Crippen molar-refractivity contribution in [2.24, 2.45) is 5.41 Å². The van der Waals surface area contributed by atoms with Gasteiger partial charge < -0.3 is 0 Å². The maximum Gasteiger partial charge on any atom is 0.0247 e. The lowest BCUT2D eigenvalue weighted by Gasteiger charge is -2.49. The van der Waals surface area contributed by atoms with E-state index in [-0.39, 0.29) is 0 Å².